The Labute approximate surface area is 183 Å². The minimum atomic E-state index is 0. The normalized spacial score (nSPS) is 10.8. The summed E-state index contributed by atoms with van der Waals surface area (Å²) in [6.07, 6.45) is 0.892. The summed E-state index contributed by atoms with van der Waals surface area (Å²) >= 11 is 1.58. The van der Waals surface area contributed by atoms with Crippen LogP contribution in [0.15, 0.2) is 42.5 Å². The number of aryl methyl sites for hydroxylation is 1. The molecular weight excluding hydrogens is 404 g/mol. The van der Waals surface area contributed by atoms with Gasteiger partial charge < -0.3 is 9.80 Å². The molecule has 0 unspecified atom stereocenters. The predicted molar refractivity (Wildman–Crippen MR) is 127 cm³/mol. The summed E-state index contributed by atoms with van der Waals surface area (Å²) < 4.78 is 1.11. The average Bonchev–Trinajstić information content (AvgIpc) is 3.10. The van der Waals surface area contributed by atoms with Crippen LogP contribution in [0.5, 0.6) is 0 Å². The largest absolute Gasteiger partial charge is 0.378 e. The Kier molecular flexibility index (Phi) is 8.02. The first-order valence-corrected chi connectivity index (χ1v) is 10.3. The van der Waals surface area contributed by atoms with E-state index in [-0.39, 0.29) is 18.3 Å². The second-order valence-corrected chi connectivity index (χ2v) is 8.48. The van der Waals surface area contributed by atoms with Gasteiger partial charge in [0.1, 0.15) is 0 Å². The molecule has 0 aliphatic carbocycles. The van der Waals surface area contributed by atoms with Crippen LogP contribution in [-0.2, 0) is 0 Å². The first-order chi connectivity index (χ1) is 13.4. The first-order valence-electron chi connectivity index (χ1n) is 9.47. The number of thiazole rings is 1. The van der Waals surface area contributed by atoms with Crippen molar-refractivity contribution in [3.8, 4) is 0 Å². The van der Waals surface area contributed by atoms with Crippen LogP contribution in [0.1, 0.15) is 22.3 Å². The monoisotopic (exact) mass is 432 g/mol. The second kappa shape index (κ2) is 10.1. The van der Waals surface area contributed by atoms with E-state index in [1.165, 1.54) is 0 Å². The quantitative estimate of drug-likeness (QED) is 0.543. The lowest BCUT2D eigenvalue weighted by molar-refractivity contribution is 0.0986. The molecule has 156 valence electrons. The highest BCUT2D eigenvalue weighted by Crippen LogP contribution is 2.31. The Balaban J connectivity index is 0.00000300. The number of carbonyl (C=O) groups excluding carboxylic acids is 1. The topological polar surface area (TPSA) is 39.7 Å². The number of para-hydroxylation sites is 1. The maximum atomic E-state index is 13.3. The lowest BCUT2D eigenvalue weighted by atomic mass is 10.1. The van der Waals surface area contributed by atoms with Gasteiger partial charge in [0, 0.05) is 31.9 Å². The van der Waals surface area contributed by atoms with E-state index in [0.29, 0.717) is 12.1 Å². The maximum Gasteiger partial charge on any atom is 0.260 e. The molecule has 0 spiro atoms. The SMILES string of the molecule is Cc1cccc2sc(N(CCCN(C)C)C(=O)c3ccc(N(C)C)cc3)nc12.Cl. The van der Waals surface area contributed by atoms with Gasteiger partial charge in [-0.1, -0.05) is 23.5 Å². The van der Waals surface area contributed by atoms with E-state index in [1.807, 2.05) is 68.3 Å². The van der Waals surface area contributed by atoms with Crippen molar-refractivity contribution in [2.75, 3.05) is 51.1 Å². The summed E-state index contributed by atoms with van der Waals surface area (Å²) in [6, 6.07) is 13.9. The van der Waals surface area contributed by atoms with Crippen molar-refractivity contribution in [2.45, 2.75) is 13.3 Å². The molecular formula is C22H29ClN4OS. The van der Waals surface area contributed by atoms with Crippen molar-refractivity contribution in [3.63, 3.8) is 0 Å². The summed E-state index contributed by atoms with van der Waals surface area (Å²) in [5.41, 5.74) is 3.88. The zero-order valence-electron chi connectivity index (χ0n) is 17.7. The molecule has 1 amide bonds. The number of hydrogen-bond acceptors (Lipinski definition) is 5. The molecule has 1 heterocycles. The van der Waals surface area contributed by atoms with Crippen molar-refractivity contribution >= 4 is 50.7 Å². The number of fused-ring (bicyclic) bond motifs is 1. The highest BCUT2D eigenvalue weighted by Gasteiger charge is 2.21. The number of benzene rings is 2. The predicted octanol–water partition coefficient (Wildman–Crippen LogP) is 4.69. The molecule has 3 aromatic rings. The van der Waals surface area contributed by atoms with Gasteiger partial charge in [0.2, 0.25) is 0 Å². The third-order valence-electron chi connectivity index (χ3n) is 4.70. The third-order valence-corrected chi connectivity index (χ3v) is 5.75. The van der Waals surface area contributed by atoms with E-state index in [1.54, 1.807) is 11.3 Å². The number of halogens is 1. The number of nitrogens with zero attached hydrogens (tertiary/aromatic N) is 4. The average molecular weight is 433 g/mol. The smallest absolute Gasteiger partial charge is 0.260 e. The molecule has 3 rings (SSSR count). The van der Waals surface area contributed by atoms with E-state index in [4.69, 9.17) is 4.98 Å². The zero-order valence-corrected chi connectivity index (χ0v) is 19.3. The molecule has 0 aliphatic rings. The Morgan fingerprint density at radius 3 is 2.28 bits per heavy atom. The van der Waals surface area contributed by atoms with Crippen molar-refractivity contribution < 1.29 is 4.79 Å². The Morgan fingerprint density at radius 1 is 1.00 bits per heavy atom. The molecule has 5 nitrogen and oxygen atoms in total. The van der Waals surface area contributed by atoms with Crippen LogP contribution < -0.4 is 9.80 Å². The van der Waals surface area contributed by atoms with Crippen LogP contribution >= 0.6 is 23.7 Å². The fourth-order valence-electron chi connectivity index (χ4n) is 3.08. The number of aromatic nitrogens is 1. The number of hydrogen-bond donors (Lipinski definition) is 0. The highest BCUT2D eigenvalue weighted by molar-refractivity contribution is 7.22. The van der Waals surface area contributed by atoms with Gasteiger partial charge in [-0.25, -0.2) is 4.98 Å². The van der Waals surface area contributed by atoms with Gasteiger partial charge in [0.15, 0.2) is 5.13 Å². The molecule has 0 aliphatic heterocycles. The van der Waals surface area contributed by atoms with E-state index in [0.717, 1.165) is 39.6 Å². The molecule has 7 heteroatoms. The summed E-state index contributed by atoms with van der Waals surface area (Å²) in [5.74, 6) is 0.000714. The molecule has 0 N–H and O–H groups in total. The molecule has 2 aromatic carbocycles. The summed E-state index contributed by atoms with van der Waals surface area (Å²) in [7, 11) is 8.09. The second-order valence-electron chi connectivity index (χ2n) is 7.47. The number of amides is 1. The van der Waals surface area contributed by atoms with Crippen LogP contribution in [0, 0.1) is 6.92 Å². The van der Waals surface area contributed by atoms with Gasteiger partial charge in [-0.15, -0.1) is 12.4 Å². The molecule has 29 heavy (non-hydrogen) atoms. The van der Waals surface area contributed by atoms with Crippen LogP contribution in [0.25, 0.3) is 10.2 Å². The number of carbonyl (C=O) groups is 1. The molecule has 0 radical (unpaired) electrons. The summed E-state index contributed by atoms with van der Waals surface area (Å²) in [4.78, 5) is 24.1. The van der Waals surface area contributed by atoms with Gasteiger partial charge in [-0.3, -0.25) is 9.69 Å². The molecule has 0 saturated carbocycles. The van der Waals surface area contributed by atoms with Gasteiger partial charge in [0.25, 0.3) is 5.91 Å². The van der Waals surface area contributed by atoms with Gasteiger partial charge in [-0.2, -0.15) is 0 Å². The van der Waals surface area contributed by atoms with Crippen LogP contribution in [0.4, 0.5) is 10.8 Å². The number of anilines is 2. The Bertz CT molecular complexity index is 953. The fraction of sp³-hybridized carbons (Fsp3) is 0.364. The van der Waals surface area contributed by atoms with Crippen LogP contribution in [0.3, 0.4) is 0 Å². The molecule has 0 fully saturated rings. The maximum absolute atomic E-state index is 13.3. The molecule has 0 atom stereocenters. The van der Waals surface area contributed by atoms with Crippen LogP contribution in [0.2, 0.25) is 0 Å². The van der Waals surface area contributed by atoms with Gasteiger partial charge >= 0.3 is 0 Å². The first kappa shape index (κ1) is 23.1. The lowest BCUT2D eigenvalue weighted by Gasteiger charge is -2.21. The van der Waals surface area contributed by atoms with E-state index >= 15 is 0 Å². The lowest BCUT2D eigenvalue weighted by Crippen LogP contribution is -2.33. The molecule has 1 aromatic heterocycles. The Morgan fingerprint density at radius 2 is 1.69 bits per heavy atom. The summed E-state index contributed by atoms with van der Waals surface area (Å²) in [6.45, 7) is 3.63. The van der Waals surface area contributed by atoms with Crippen molar-refractivity contribution in [3.05, 3.63) is 53.6 Å². The van der Waals surface area contributed by atoms with Gasteiger partial charge in [-0.05, 0) is 69.9 Å². The van der Waals surface area contributed by atoms with Gasteiger partial charge in [0.05, 0.1) is 10.2 Å². The van der Waals surface area contributed by atoms with Crippen LogP contribution in [-0.4, -0.2) is 57.1 Å². The van der Waals surface area contributed by atoms with E-state index < -0.39 is 0 Å². The highest BCUT2D eigenvalue weighted by atomic mass is 35.5. The molecule has 0 saturated heterocycles. The van der Waals surface area contributed by atoms with E-state index in [2.05, 4.69) is 24.0 Å². The van der Waals surface area contributed by atoms with Crippen molar-refractivity contribution in [1.82, 2.24) is 9.88 Å². The molecule has 0 bridgehead atoms. The van der Waals surface area contributed by atoms with Crippen molar-refractivity contribution in [2.24, 2.45) is 0 Å². The number of rotatable bonds is 7. The van der Waals surface area contributed by atoms with E-state index in [9.17, 15) is 4.79 Å². The van der Waals surface area contributed by atoms with Crippen molar-refractivity contribution in [1.29, 1.82) is 0 Å². The minimum absolute atomic E-state index is 0. The summed E-state index contributed by atoms with van der Waals surface area (Å²) in [5, 5.41) is 0.768. The standard InChI is InChI=1S/C22H28N4OS.ClH/c1-16-8-6-9-19-20(16)23-22(28-19)26(15-7-14-24(2)3)21(27)17-10-12-18(13-11-17)25(4)5;/h6,8-13H,7,14-15H2,1-5H3;1H. The third kappa shape index (κ3) is 5.47. The zero-order chi connectivity index (χ0) is 20.3. The Hall–Kier alpha value is -2.15. The minimum Gasteiger partial charge on any atom is -0.378 e. The fourth-order valence-corrected chi connectivity index (χ4v) is 4.14.